The quantitative estimate of drug-likeness (QED) is 0.571. The molecule has 11 heteroatoms. The van der Waals surface area contributed by atoms with E-state index in [2.05, 4.69) is 10.7 Å². The largest absolute Gasteiger partial charge is 0.430 e. The van der Waals surface area contributed by atoms with E-state index in [1.165, 1.54) is 6.26 Å². The van der Waals surface area contributed by atoms with Crippen LogP contribution < -0.4 is 10.7 Å². The minimum Gasteiger partial charge on any atom is -0.430 e. The summed E-state index contributed by atoms with van der Waals surface area (Å²) in [7, 11) is -3.00. The fourth-order valence-electron chi connectivity index (χ4n) is 6.37. The number of fused-ring (bicyclic) bond motifs is 1. The van der Waals surface area contributed by atoms with Gasteiger partial charge in [-0.3, -0.25) is 15.5 Å². The number of rotatable bonds is 5. The minimum absolute atomic E-state index is 0.0139. The number of nitrogens with one attached hydrogen (secondary N) is 2. The first kappa shape index (κ1) is 25.7. The Morgan fingerprint density at radius 3 is 2.53 bits per heavy atom. The van der Waals surface area contributed by atoms with Crippen LogP contribution >= 0.6 is 0 Å². The third kappa shape index (κ3) is 6.03. The Morgan fingerprint density at radius 1 is 1.06 bits per heavy atom. The zero-order chi connectivity index (χ0) is 24.5. The molecule has 4 rings (SSSR count). The second-order valence-electron chi connectivity index (χ2n) is 10.7. The molecule has 2 amide bonds. The molecule has 3 aliphatic heterocycles. The lowest BCUT2D eigenvalue weighted by Crippen LogP contribution is -2.67. The highest BCUT2D eigenvalue weighted by atomic mass is 32.2. The van der Waals surface area contributed by atoms with Crippen LogP contribution in [-0.2, 0) is 19.4 Å². The zero-order valence-corrected chi connectivity index (χ0v) is 21.6. The lowest BCUT2D eigenvalue weighted by Gasteiger charge is -2.54. The van der Waals surface area contributed by atoms with Gasteiger partial charge in [-0.2, -0.15) is 0 Å². The molecule has 3 saturated heterocycles. The van der Waals surface area contributed by atoms with E-state index in [-0.39, 0.29) is 42.1 Å². The Balaban J connectivity index is 1.43. The van der Waals surface area contributed by atoms with Crippen LogP contribution in [0.25, 0.3) is 0 Å². The molecule has 4 aliphatic rings. The standard InChI is InChI=1S/C23H41N5O5S/c1-16-14-27(23(30)33-22-6-4-5-9-24-22)21-12-18(7-8-20(21)28(16)17(2)29)19-13-25-26(15-19)10-11-34(3,31)32/h16,18-22,24-25H,4-15H2,1-3H3/t16-,18?,19?,20?,21?,22?/m0/s1. The average molecular weight is 500 g/mol. The first-order valence-corrected chi connectivity index (χ1v) is 14.8. The highest BCUT2D eigenvalue weighted by Crippen LogP contribution is 2.39. The summed E-state index contributed by atoms with van der Waals surface area (Å²) in [5.41, 5.74) is 3.36. The summed E-state index contributed by atoms with van der Waals surface area (Å²) in [5.74, 6) is 1.01. The Labute approximate surface area is 203 Å². The summed E-state index contributed by atoms with van der Waals surface area (Å²) >= 11 is 0. The minimum atomic E-state index is -3.00. The van der Waals surface area contributed by atoms with Crippen molar-refractivity contribution in [2.24, 2.45) is 11.8 Å². The van der Waals surface area contributed by atoms with Crippen LogP contribution in [0, 0.1) is 11.8 Å². The molecule has 0 aromatic carbocycles. The van der Waals surface area contributed by atoms with Crippen molar-refractivity contribution in [3.63, 3.8) is 0 Å². The number of amides is 2. The van der Waals surface area contributed by atoms with Crippen molar-refractivity contribution < 1.29 is 22.7 Å². The number of piperidine rings is 1. The van der Waals surface area contributed by atoms with Gasteiger partial charge < -0.3 is 14.5 Å². The second-order valence-corrected chi connectivity index (χ2v) is 12.9. The van der Waals surface area contributed by atoms with Gasteiger partial charge in [-0.25, -0.2) is 18.2 Å². The SMILES string of the molecule is CC(=O)N1C2CCC(C3CNN(CCS(C)(=O)=O)C3)CC2N(C(=O)OC2CCCCN2)C[C@@H]1C. The van der Waals surface area contributed by atoms with Gasteiger partial charge in [0, 0.05) is 45.4 Å². The van der Waals surface area contributed by atoms with Gasteiger partial charge in [-0.1, -0.05) is 0 Å². The van der Waals surface area contributed by atoms with E-state index in [0.29, 0.717) is 24.9 Å². The lowest BCUT2D eigenvalue weighted by atomic mass is 9.73. The van der Waals surface area contributed by atoms with Gasteiger partial charge in [0.05, 0.1) is 17.8 Å². The van der Waals surface area contributed by atoms with Crippen LogP contribution in [0.1, 0.15) is 52.4 Å². The maximum absolute atomic E-state index is 13.3. The number of ether oxygens (including phenoxy) is 1. The maximum atomic E-state index is 13.3. The zero-order valence-electron chi connectivity index (χ0n) is 20.7. The van der Waals surface area contributed by atoms with Gasteiger partial charge >= 0.3 is 6.09 Å². The number of sulfone groups is 1. The number of hydrogen-bond donors (Lipinski definition) is 2. The number of piperazine rings is 1. The molecule has 10 nitrogen and oxygen atoms in total. The van der Waals surface area contributed by atoms with E-state index in [1.54, 1.807) is 6.92 Å². The van der Waals surface area contributed by atoms with Crippen LogP contribution in [0.5, 0.6) is 0 Å². The van der Waals surface area contributed by atoms with Gasteiger partial charge in [0.25, 0.3) is 0 Å². The predicted octanol–water partition coefficient (Wildman–Crippen LogP) is 0.794. The fourth-order valence-corrected chi connectivity index (χ4v) is 6.92. The van der Waals surface area contributed by atoms with Crippen molar-refractivity contribution in [1.82, 2.24) is 25.6 Å². The molecule has 2 N–H and O–H groups in total. The van der Waals surface area contributed by atoms with Crippen molar-refractivity contribution in [1.29, 1.82) is 0 Å². The molecule has 5 unspecified atom stereocenters. The van der Waals surface area contributed by atoms with Crippen molar-refractivity contribution in [3.05, 3.63) is 0 Å². The first-order valence-electron chi connectivity index (χ1n) is 12.8. The van der Waals surface area contributed by atoms with Crippen LogP contribution in [0.4, 0.5) is 4.79 Å². The molecule has 4 fully saturated rings. The maximum Gasteiger partial charge on any atom is 0.411 e. The molecule has 0 spiro atoms. The summed E-state index contributed by atoms with van der Waals surface area (Å²) < 4.78 is 28.9. The molecular formula is C23H41N5O5S. The van der Waals surface area contributed by atoms with Crippen molar-refractivity contribution >= 4 is 21.8 Å². The average Bonchev–Trinajstić information content (AvgIpc) is 3.26. The number of nitrogens with zero attached hydrogens (tertiary/aromatic N) is 3. The Morgan fingerprint density at radius 2 is 1.85 bits per heavy atom. The highest BCUT2D eigenvalue weighted by Gasteiger charge is 2.48. The molecule has 194 valence electrons. The molecule has 6 atom stereocenters. The fraction of sp³-hybridized carbons (Fsp3) is 0.913. The van der Waals surface area contributed by atoms with Crippen LogP contribution in [-0.4, -0.2) is 104 Å². The van der Waals surface area contributed by atoms with Gasteiger partial charge in [0.1, 0.15) is 9.84 Å². The molecule has 0 aromatic heterocycles. The van der Waals surface area contributed by atoms with Crippen molar-refractivity contribution in [2.45, 2.75) is 76.7 Å². The third-order valence-corrected chi connectivity index (χ3v) is 8.98. The van der Waals surface area contributed by atoms with E-state index >= 15 is 0 Å². The van der Waals surface area contributed by atoms with Crippen molar-refractivity contribution in [2.75, 3.05) is 44.7 Å². The van der Waals surface area contributed by atoms with E-state index in [4.69, 9.17) is 4.74 Å². The van der Waals surface area contributed by atoms with Gasteiger partial charge in [0.15, 0.2) is 6.23 Å². The summed E-state index contributed by atoms with van der Waals surface area (Å²) in [5, 5.41) is 5.31. The molecular weight excluding hydrogens is 458 g/mol. The highest BCUT2D eigenvalue weighted by molar-refractivity contribution is 7.90. The molecule has 0 aromatic rings. The topological polar surface area (TPSA) is 111 Å². The molecule has 34 heavy (non-hydrogen) atoms. The first-order chi connectivity index (χ1) is 16.1. The lowest BCUT2D eigenvalue weighted by molar-refractivity contribution is -0.142. The normalized spacial score (nSPS) is 35.1. The van der Waals surface area contributed by atoms with Crippen LogP contribution in [0.3, 0.4) is 0 Å². The molecule has 1 aliphatic carbocycles. The smallest absolute Gasteiger partial charge is 0.411 e. The summed E-state index contributed by atoms with van der Waals surface area (Å²) in [6.45, 7) is 7.10. The Bertz CT molecular complexity index is 849. The third-order valence-electron chi connectivity index (χ3n) is 8.05. The van der Waals surface area contributed by atoms with Gasteiger partial charge in [-0.05, 0) is 63.8 Å². The number of carbonyl (C=O) groups excluding carboxylic acids is 2. The summed E-state index contributed by atoms with van der Waals surface area (Å²) in [6.07, 6.45) is 6.45. The van der Waals surface area contributed by atoms with Crippen LogP contribution in [0.15, 0.2) is 0 Å². The summed E-state index contributed by atoms with van der Waals surface area (Å²) in [6, 6.07) is -0.0816. The van der Waals surface area contributed by atoms with Crippen molar-refractivity contribution in [3.8, 4) is 0 Å². The number of carbonyl (C=O) groups is 2. The summed E-state index contributed by atoms with van der Waals surface area (Å²) in [4.78, 5) is 29.7. The predicted molar refractivity (Wildman–Crippen MR) is 129 cm³/mol. The molecule has 1 saturated carbocycles. The molecule has 0 bridgehead atoms. The molecule has 0 radical (unpaired) electrons. The van der Waals surface area contributed by atoms with E-state index in [0.717, 1.165) is 58.2 Å². The van der Waals surface area contributed by atoms with Gasteiger partial charge in [0.2, 0.25) is 5.91 Å². The molecule has 3 heterocycles. The Kier molecular flexibility index (Phi) is 8.06. The van der Waals surface area contributed by atoms with E-state index < -0.39 is 9.84 Å². The van der Waals surface area contributed by atoms with Crippen LogP contribution in [0.2, 0.25) is 0 Å². The monoisotopic (exact) mass is 499 g/mol. The van der Waals surface area contributed by atoms with Gasteiger partial charge in [-0.15, -0.1) is 0 Å². The number of hydrazine groups is 1. The Hall–Kier alpha value is -1.43. The van der Waals surface area contributed by atoms with E-state index in [9.17, 15) is 18.0 Å². The van der Waals surface area contributed by atoms with E-state index in [1.807, 2.05) is 21.7 Å². The number of hydrogen-bond acceptors (Lipinski definition) is 8. The second kappa shape index (κ2) is 10.7.